The molecule has 0 amide bonds. The maximum atomic E-state index is 5.40. The molecule has 0 aliphatic rings. The minimum absolute atomic E-state index is 0.113. The van der Waals surface area contributed by atoms with Gasteiger partial charge in [-0.25, -0.2) is 0 Å². The molecule has 0 saturated heterocycles. The topological polar surface area (TPSA) is 47.3 Å². The van der Waals surface area contributed by atoms with E-state index in [9.17, 15) is 0 Å². The van der Waals surface area contributed by atoms with Gasteiger partial charge in [-0.05, 0) is 24.1 Å². The van der Waals surface area contributed by atoms with E-state index in [-0.39, 0.29) is 6.04 Å². The minimum atomic E-state index is 0.113. The molecule has 0 aliphatic heterocycles. The molecule has 3 N–H and O–H groups in total. The van der Waals surface area contributed by atoms with Crippen LogP contribution in [-0.2, 0) is 6.42 Å². The van der Waals surface area contributed by atoms with Gasteiger partial charge in [0.1, 0.15) is 5.75 Å². The van der Waals surface area contributed by atoms with Gasteiger partial charge in [0.2, 0.25) is 0 Å². The van der Waals surface area contributed by atoms with Crippen molar-refractivity contribution < 1.29 is 4.74 Å². The van der Waals surface area contributed by atoms with Gasteiger partial charge in [-0.1, -0.05) is 12.1 Å². The normalized spacial score (nSPS) is 11.8. The molecular formula is C12H16N2O. The summed E-state index contributed by atoms with van der Waals surface area (Å²) in [5, 5.41) is 0. The Bertz CT molecular complexity index is 344. The van der Waals surface area contributed by atoms with Crippen LogP contribution in [0.5, 0.6) is 5.75 Å². The lowest BCUT2D eigenvalue weighted by atomic mass is 10.0. The first-order valence-electron chi connectivity index (χ1n) is 4.82. The molecule has 1 rings (SSSR count). The van der Waals surface area contributed by atoms with Crippen molar-refractivity contribution in [1.82, 2.24) is 5.43 Å². The van der Waals surface area contributed by atoms with E-state index in [0.29, 0.717) is 6.42 Å². The summed E-state index contributed by atoms with van der Waals surface area (Å²) < 4.78 is 5.14. The zero-order valence-electron chi connectivity index (χ0n) is 8.86. The van der Waals surface area contributed by atoms with Gasteiger partial charge in [-0.2, -0.15) is 0 Å². The maximum Gasteiger partial charge on any atom is 0.119 e. The SMILES string of the molecule is C#CCC(Cc1cccc(OC)c1)NN. The van der Waals surface area contributed by atoms with Crippen LogP contribution in [0.2, 0.25) is 0 Å². The smallest absolute Gasteiger partial charge is 0.119 e. The van der Waals surface area contributed by atoms with E-state index in [4.69, 9.17) is 17.0 Å². The summed E-state index contributed by atoms with van der Waals surface area (Å²) in [5.41, 5.74) is 3.87. The van der Waals surface area contributed by atoms with E-state index < -0.39 is 0 Å². The Kier molecular flexibility index (Phi) is 4.69. The van der Waals surface area contributed by atoms with Crippen molar-refractivity contribution in [2.45, 2.75) is 18.9 Å². The molecule has 1 unspecified atom stereocenters. The van der Waals surface area contributed by atoms with Crippen molar-refractivity contribution in [3.05, 3.63) is 29.8 Å². The number of rotatable bonds is 5. The Morgan fingerprint density at radius 3 is 3.00 bits per heavy atom. The van der Waals surface area contributed by atoms with Crippen LogP contribution >= 0.6 is 0 Å². The Labute approximate surface area is 90.6 Å². The zero-order chi connectivity index (χ0) is 11.1. The first-order chi connectivity index (χ1) is 7.30. The van der Waals surface area contributed by atoms with Crippen LogP contribution in [0.25, 0.3) is 0 Å². The molecular weight excluding hydrogens is 188 g/mol. The summed E-state index contributed by atoms with van der Waals surface area (Å²) in [5.74, 6) is 8.85. The number of nitrogens with one attached hydrogen (secondary N) is 1. The second-order valence-corrected chi connectivity index (χ2v) is 3.33. The predicted molar refractivity (Wildman–Crippen MR) is 61.3 cm³/mol. The lowest BCUT2D eigenvalue weighted by Gasteiger charge is -2.13. The van der Waals surface area contributed by atoms with Gasteiger partial charge >= 0.3 is 0 Å². The number of methoxy groups -OCH3 is 1. The highest BCUT2D eigenvalue weighted by Gasteiger charge is 2.06. The average Bonchev–Trinajstić information content (AvgIpc) is 2.29. The van der Waals surface area contributed by atoms with Crippen LogP contribution in [0, 0.1) is 12.3 Å². The summed E-state index contributed by atoms with van der Waals surface area (Å²) in [7, 11) is 1.65. The highest BCUT2D eigenvalue weighted by molar-refractivity contribution is 5.29. The third kappa shape index (κ3) is 3.62. The molecule has 0 radical (unpaired) electrons. The van der Waals surface area contributed by atoms with Crippen LogP contribution in [-0.4, -0.2) is 13.2 Å². The lowest BCUT2D eigenvalue weighted by molar-refractivity contribution is 0.413. The fourth-order valence-corrected chi connectivity index (χ4v) is 1.42. The highest BCUT2D eigenvalue weighted by Crippen LogP contribution is 2.14. The third-order valence-electron chi connectivity index (χ3n) is 2.22. The van der Waals surface area contributed by atoms with Crippen molar-refractivity contribution in [2.24, 2.45) is 5.84 Å². The molecule has 0 fully saturated rings. The van der Waals surface area contributed by atoms with Gasteiger partial charge in [0.15, 0.2) is 0 Å². The molecule has 0 spiro atoms. The van der Waals surface area contributed by atoms with Crippen LogP contribution in [0.1, 0.15) is 12.0 Å². The molecule has 1 aromatic rings. The highest BCUT2D eigenvalue weighted by atomic mass is 16.5. The summed E-state index contributed by atoms with van der Waals surface area (Å²) in [6, 6.07) is 8.00. The van der Waals surface area contributed by atoms with Crippen molar-refractivity contribution in [1.29, 1.82) is 0 Å². The average molecular weight is 204 g/mol. The predicted octanol–water partition coefficient (Wildman–Crippen LogP) is 1.09. The fourth-order valence-electron chi connectivity index (χ4n) is 1.42. The van der Waals surface area contributed by atoms with E-state index in [1.54, 1.807) is 7.11 Å². The molecule has 0 aromatic heterocycles. The Morgan fingerprint density at radius 2 is 2.40 bits per heavy atom. The van der Waals surface area contributed by atoms with Crippen LogP contribution in [0.3, 0.4) is 0 Å². The van der Waals surface area contributed by atoms with Gasteiger partial charge in [0, 0.05) is 12.5 Å². The van der Waals surface area contributed by atoms with Gasteiger partial charge in [0.05, 0.1) is 7.11 Å². The van der Waals surface area contributed by atoms with E-state index in [1.165, 1.54) is 0 Å². The minimum Gasteiger partial charge on any atom is -0.497 e. The second-order valence-electron chi connectivity index (χ2n) is 3.33. The van der Waals surface area contributed by atoms with E-state index in [0.717, 1.165) is 17.7 Å². The van der Waals surface area contributed by atoms with E-state index >= 15 is 0 Å². The maximum absolute atomic E-state index is 5.40. The lowest BCUT2D eigenvalue weighted by Crippen LogP contribution is -2.36. The number of nitrogens with two attached hydrogens (primary N) is 1. The number of ether oxygens (including phenoxy) is 1. The number of hydrazine groups is 1. The standard InChI is InChI=1S/C12H16N2O/c1-3-5-11(14-13)8-10-6-4-7-12(9-10)15-2/h1,4,6-7,9,11,14H,5,8,13H2,2H3. The van der Waals surface area contributed by atoms with Gasteiger partial charge < -0.3 is 4.74 Å². The van der Waals surface area contributed by atoms with Crippen LogP contribution in [0.15, 0.2) is 24.3 Å². The van der Waals surface area contributed by atoms with Gasteiger partial charge in [-0.3, -0.25) is 11.3 Å². The first kappa shape index (κ1) is 11.6. The monoisotopic (exact) mass is 204 g/mol. The van der Waals surface area contributed by atoms with Crippen LogP contribution < -0.4 is 16.0 Å². The number of terminal acetylenes is 1. The molecule has 80 valence electrons. The number of hydrogen-bond acceptors (Lipinski definition) is 3. The Hall–Kier alpha value is -1.50. The molecule has 0 saturated carbocycles. The molecule has 1 aromatic carbocycles. The Morgan fingerprint density at radius 1 is 1.60 bits per heavy atom. The van der Waals surface area contributed by atoms with Crippen LogP contribution in [0.4, 0.5) is 0 Å². The molecule has 3 nitrogen and oxygen atoms in total. The van der Waals surface area contributed by atoms with Crippen molar-refractivity contribution >= 4 is 0 Å². The van der Waals surface area contributed by atoms with Crippen molar-refractivity contribution in [3.8, 4) is 18.1 Å². The zero-order valence-corrected chi connectivity index (χ0v) is 8.86. The number of benzene rings is 1. The molecule has 1 atom stereocenters. The summed E-state index contributed by atoms with van der Waals surface area (Å²) in [6.07, 6.45) is 6.67. The molecule has 0 aliphatic carbocycles. The fraction of sp³-hybridized carbons (Fsp3) is 0.333. The molecule has 15 heavy (non-hydrogen) atoms. The van der Waals surface area contributed by atoms with Crippen molar-refractivity contribution in [3.63, 3.8) is 0 Å². The Balaban J connectivity index is 2.66. The molecule has 3 heteroatoms. The second kappa shape index (κ2) is 6.07. The quantitative estimate of drug-likeness (QED) is 0.429. The van der Waals surface area contributed by atoms with Gasteiger partial charge in [0.25, 0.3) is 0 Å². The summed E-state index contributed by atoms with van der Waals surface area (Å²) in [4.78, 5) is 0. The van der Waals surface area contributed by atoms with Gasteiger partial charge in [-0.15, -0.1) is 12.3 Å². The molecule has 0 bridgehead atoms. The summed E-state index contributed by atoms with van der Waals surface area (Å²) in [6.45, 7) is 0. The third-order valence-corrected chi connectivity index (χ3v) is 2.22. The first-order valence-corrected chi connectivity index (χ1v) is 4.82. The summed E-state index contributed by atoms with van der Waals surface area (Å²) >= 11 is 0. The van der Waals surface area contributed by atoms with E-state index in [1.807, 2.05) is 24.3 Å². The van der Waals surface area contributed by atoms with Crippen molar-refractivity contribution in [2.75, 3.05) is 7.11 Å². The van der Waals surface area contributed by atoms with E-state index in [2.05, 4.69) is 11.3 Å². The molecule has 0 heterocycles. The number of hydrogen-bond donors (Lipinski definition) is 2. The largest absolute Gasteiger partial charge is 0.497 e.